The molecule has 1 aliphatic rings. The molecule has 0 spiro atoms. The zero-order valence-electron chi connectivity index (χ0n) is 24.3. The number of methoxy groups -OCH3 is 3. The number of ether oxygens (including phenoxy) is 5. The molecule has 41 heavy (non-hydrogen) atoms. The van der Waals surface area contributed by atoms with Crippen LogP contribution in [0.25, 0.3) is 0 Å². The summed E-state index contributed by atoms with van der Waals surface area (Å²) in [5, 5.41) is -0.405. The van der Waals surface area contributed by atoms with Crippen LogP contribution in [0.5, 0.6) is 28.7 Å². The van der Waals surface area contributed by atoms with Crippen molar-refractivity contribution in [3.8, 4) is 28.7 Å². The van der Waals surface area contributed by atoms with E-state index in [-0.39, 0.29) is 18.3 Å². The monoisotopic (exact) mass is 602 g/mol. The number of hydrogen-bond donors (Lipinski definition) is 0. The second-order valence-corrected chi connectivity index (χ2v) is 10.6. The largest absolute Gasteiger partial charge is 0.497 e. The SMILES string of the molecule is COc1ccc(OCCCCN(C)CCOc2c(OC)cccc2OC)c(C2Sc3ccccc3N(C)C2=O)c1.Cl. The molecule has 0 saturated heterocycles. The van der Waals surface area contributed by atoms with Crippen LogP contribution in [-0.4, -0.2) is 72.5 Å². The van der Waals surface area contributed by atoms with Crippen molar-refractivity contribution in [3.63, 3.8) is 0 Å². The summed E-state index contributed by atoms with van der Waals surface area (Å²) in [6.45, 7) is 2.74. The van der Waals surface area contributed by atoms with Crippen molar-refractivity contribution < 1.29 is 28.5 Å². The number of benzene rings is 3. The number of thioether (sulfide) groups is 1. The average Bonchev–Trinajstić information content (AvgIpc) is 2.98. The van der Waals surface area contributed by atoms with E-state index in [1.807, 2.05) is 67.7 Å². The Morgan fingerprint density at radius 1 is 0.829 bits per heavy atom. The number of fused-ring (bicyclic) bond motifs is 1. The number of carbonyl (C=O) groups is 1. The molecule has 0 aromatic heterocycles. The minimum Gasteiger partial charge on any atom is -0.497 e. The number of hydrogen-bond acceptors (Lipinski definition) is 8. The van der Waals surface area contributed by atoms with Crippen molar-refractivity contribution in [2.24, 2.45) is 0 Å². The quantitative estimate of drug-likeness (QED) is 0.205. The van der Waals surface area contributed by atoms with Gasteiger partial charge in [-0.05, 0) is 68.9 Å². The standard InChI is InChI=1S/C31H38N2O6S.ClH/c1-32(18-20-39-29-26(36-4)12-10-13-27(29)37-5)17-8-9-19-38-25-16-15-22(35-3)21-23(25)30-31(34)33(2)24-11-6-7-14-28(24)40-30;/h6-7,10-16,21,30H,8-9,17-20H2,1-5H3;1H. The maximum Gasteiger partial charge on any atom is 0.244 e. The summed E-state index contributed by atoms with van der Waals surface area (Å²) < 4.78 is 28.5. The van der Waals surface area contributed by atoms with Crippen LogP contribution >= 0.6 is 24.2 Å². The predicted octanol–water partition coefficient (Wildman–Crippen LogP) is 6.11. The molecule has 0 aliphatic carbocycles. The number of halogens is 1. The highest BCUT2D eigenvalue weighted by Crippen LogP contribution is 2.48. The van der Waals surface area contributed by atoms with Crippen LogP contribution in [-0.2, 0) is 4.79 Å². The highest BCUT2D eigenvalue weighted by molar-refractivity contribution is 8.00. The van der Waals surface area contributed by atoms with Gasteiger partial charge >= 0.3 is 0 Å². The molecule has 3 aromatic rings. The minimum absolute atomic E-state index is 0. The van der Waals surface area contributed by atoms with Gasteiger partial charge in [0.25, 0.3) is 0 Å². The van der Waals surface area contributed by atoms with Gasteiger partial charge in [-0.25, -0.2) is 0 Å². The fourth-order valence-electron chi connectivity index (χ4n) is 4.53. The Kier molecular flexibility index (Phi) is 12.3. The van der Waals surface area contributed by atoms with Gasteiger partial charge in [0.05, 0.1) is 33.6 Å². The number of amides is 1. The third-order valence-electron chi connectivity index (χ3n) is 6.82. The first-order valence-electron chi connectivity index (χ1n) is 13.3. The number of anilines is 1. The van der Waals surface area contributed by atoms with E-state index in [4.69, 9.17) is 23.7 Å². The predicted molar refractivity (Wildman–Crippen MR) is 166 cm³/mol. The maximum absolute atomic E-state index is 13.3. The Balaban J connectivity index is 0.00000462. The van der Waals surface area contributed by atoms with Crippen LogP contribution in [0, 0.1) is 0 Å². The van der Waals surface area contributed by atoms with E-state index in [1.54, 1.807) is 38.0 Å². The Morgan fingerprint density at radius 2 is 1.56 bits per heavy atom. The first-order chi connectivity index (χ1) is 19.5. The lowest BCUT2D eigenvalue weighted by Gasteiger charge is -2.32. The Bertz CT molecular complexity index is 1270. The molecule has 1 heterocycles. The smallest absolute Gasteiger partial charge is 0.244 e. The van der Waals surface area contributed by atoms with E-state index in [9.17, 15) is 4.79 Å². The highest BCUT2D eigenvalue weighted by Gasteiger charge is 2.34. The molecule has 3 aromatic carbocycles. The fraction of sp³-hybridized carbons (Fsp3) is 0.387. The molecule has 4 rings (SSSR count). The molecule has 0 fully saturated rings. The van der Waals surface area contributed by atoms with Crippen LogP contribution in [0.15, 0.2) is 65.6 Å². The normalized spacial score (nSPS) is 14.2. The molecule has 0 saturated carbocycles. The summed E-state index contributed by atoms with van der Waals surface area (Å²) in [4.78, 5) is 18.3. The van der Waals surface area contributed by atoms with Gasteiger partial charge in [0.1, 0.15) is 23.4 Å². The molecule has 1 aliphatic heterocycles. The van der Waals surface area contributed by atoms with Crippen molar-refractivity contribution in [3.05, 3.63) is 66.2 Å². The molecular formula is C31H39ClN2O6S. The van der Waals surface area contributed by atoms with Gasteiger partial charge in [-0.15, -0.1) is 24.2 Å². The number of unbranched alkanes of at least 4 members (excludes halogenated alkanes) is 1. The summed E-state index contributed by atoms with van der Waals surface area (Å²) in [5.41, 5.74) is 1.76. The van der Waals surface area contributed by atoms with Crippen LogP contribution in [0.3, 0.4) is 0 Å². The third-order valence-corrected chi connectivity index (χ3v) is 8.11. The van der Waals surface area contributed by atoms with Gasteiger partial charge in [0.15, 0.2) is 11.5 Å². The van der Waals surface area contributed by atoms with Crippen molar-refractivity contribution in [2.45, 2.75) is 23.0 Å². The second kappa shape index (κ2) is 15.7. The van der Waals surface area contributed by atoms with Gasteiger partial charge in [-0.3, -0.25) is 4.79 Å². The highest BCUT2D eigenvalue weighted by atomic mass is 35.5. The zero-order chi connectivity index (χ0) is 28.5. The molecule has 1 amide bonds. The van der Waals surface area contributed by atoms with Crippen molar-refractivity contribution in [1.82, 2.24) is 4.90 Å². The molecule has 1 atom stereocenters. The van der Waals surface area contributed by atoms with E-state index in [0.717, 1.165) is 42.1 Å². The molecule has 10 heteroatoms. The van der Waals surface area contributed by atoms with Gasteiger partial charge in [0, 0.05) is 24.1 Å². The zero-order valence-corrected chi connectivity index (χ0v) is 25.9. The van der Waals surface area contributed by atoms with Gasteiger partial charge in [-0.2, -0.15) is 0 Å². The summed E-state index contributed by atoms with van der Waals surface area (Å²) >= 11 is 1.55. The summed E-state index contributed by atoms with van der Waals surface area (Å²) in [6.07, 6.45) is 1.85. The minimum atomic E-state index is -0.405. The van der Waals surface area contributed by atoms with E-state index in [1.165, 1.54) is 0 Å². The lowest BCUT2D eigenvalue weighted by molar-refractivity contribution is -0.118. The first kappa shape index (κ1) is 32.2. The molecule has 0 N–H and O–H groups in total. The van der Waals surface area contributed by atoms with E-state index >= 15 is 0 Å². The second-order valence-electron chi connectivity index (χ2n) is 9.47. The Morgan fingerprint density at radius 3 is 2.27 bits per heavy atom. The van der Waals surface area contributed by atoms with E-state index < -0.39 is 5.25 Å². The molecular weight excluding hydrogens is 564 g/mol. The number of carbonyl (C=O) groups excluding carboxylic acids is 1. The van der Waals surface area contributed by atoms with Crippen LogP contribution in [0.4, 0.5) is 5.69 Å². The van der Waals surface area contributed by atoms with Crippen molar-refractivity contribution >= 4 is 35.8 Å². The Labute approximate surface area is 253 Å². The van der Waals surface area contributed by atoms with Crippen LogP contribution in [0.2, 0.25) is 0 Å². The summed E-state index contributed by atoms with van der Waals surface area (Å²) in [7, 11) is 8.77. The molecule has 0 radical (unpaired) electrons. The number of para-hydroxylation sites is 2. The number of nitrogens with zero attached hydrogens (tertiary/aromatic N) is 2. The Hall–Kier alpha value is -3.27. The topological polar surface area (TPSA) is 69.7 Å². The van der Waals surface area contributed by atoms with E-state index in [2.05, 4.69) is 11.9 Å². The molecule has 222 valence electrons. The molecule has 8 nitrogen and oxygen atoms in total. The summed E-state index contributed by atoms with van der Waals surface area (Å²) in [6, 6.07) is 19.2. The molecule has 1 unspecified atom stereocenters. The fourth-order valence-corrected chi connectivity index (χ4v) is 5.84. The lowest BCUT2D eigenvalue weighted by atomic mass is 10.1. The average molecular weight is 603 g/mol. The lowest BCUT2D eigenvalue weighted by Crippen LogP contribution is -2.33. The summed E-state index contributed by atoms with van der Waals surface area (Å²) in [5.74, 6) is 3.37. The van der Waals surface area contributed by atoms with Crippen molar-refractivity contribution in [1.29, 1.82) is 0 Å². The maximum atomic E-state index is 13.3. The molecule has 0 bridgehead atoms. The van der Waals surface area contributed by atoms with Gasteiger partial charge < -0.3 is 33.5 Å². The van der Waals surface area contributed by atoms with E-state index in [0.29, 0.717) is 42.0 Å². The van der Waals surface area contributed by atoms with Crippen LogP contribution < -0.4 is 28.6 Å². The number of likely N-dealkylation sites (N-methyl/N-ethyl adjacent to an activating group) is 2. The van der Waals surface area contributed by atoms with Gasteiger partial charge in [0.2, 0.25) is 11.7 Å². The number of rotatable bonds is 14. The van der Waals surface area contributed by atoms with Crippen molar-refractivity contribution in [2.75, 3.05) is 66.6 Å². The first-order valence-corrected chi connectivity index (χ1v) is 14.2. The van der Waals surface area contributed by atoms with Crippen LogP contribution in [0.1, 0.15) is 23.7 Å². The van der Waals surface area contributed by atoms with Gasteiger partial charge in [-0.1, -0.05) is 18.2 Å². The third kappa shape index (κ3) is 7.93.